The molecule has 0 spiro atoms. The molecule has 3 nitrogen and oxygen atoms in total. The standard InChI is InChI=1S/C16H24N2O/c1-16(11-5-6-12-16)18-15(19)14(17)10-9-13-7-3-2-4-8-13/h2-4,7-8,14H,5-6,9-12,17H2,1H3,(H,18,19)/t14-/m0/s1. The fourth-order valence-corrected chi connectivity index (χ4v) is 2.77. The fraction of sp³-hybridized carbons (Fsp3) is 0.562. The summed E-state index contributed by atoms with van der Waals surface area (Å²) in [5.41, 5.74) is 7.20. The number of amides is 1. The predicted molar refractivity (Wildman–Crippen MR) is 77.8 cm³/mol. The van der Waals surface area contributed by atoms with Crippen LogP contribution < -0.4 is 11.1 Å². The van der Waals surface area contributed by atoms with Gasteiger partial charge in [-0.05, 0) is 38.2 Å². The maximum atomic E-state index is 12.1. The van der Waals surface area contributed by atoms with Gasteiger partial charge in [0.05, 0.1) is 6.04 Å². The van der Waals surface area contributed by atoms with E-state index < -0.39 is 6.04 Å². The van der Waals surface area contributed by atoms with Crippen LogP contribution in [0.1, 0.15) is 44.6 Å². The number of carbonyl (C=O) groups is 1. The summed E-state index contributed by atoms with van der Waals surface area (Å²) in [6.45, 7) is 2.13. The second-order valence-electron chi connectivity index (χ2n) is 5.89. The first-order chi connectivity index (χ1) is 9.09. The van der Waals surface area contributed by atoms with E-state index in [1.807, 2.05) is 18.2 Å². The molecule has 3 N–H and O–H groups in total. The first-order valence-electron chi connectivity index (χ1n) is 7.21. The van der Waals surface area contributed by atoms with Gasteiger partial charge in [-0.15, -0.1) is 0 Å². The van der Waals surface area contributed by atoms with Gasteiger partial charge in [-0.2, -0.15) is 0 Å². The molecule has 1 aliphatic rings. The van der Waals surface area contributed by atoms with Crippen LogP contribution in [0.5, 0.6) is 0 Å². The van der Waals surface area contributed by atoms with Crippen LogP contribution in [0.25, 0.3) is 0 Å². The minimum atomic E-state index is -0.405. The predicted octanol–water partition coefficient (Wildman–Crippen LogP) is 2.40. The van der Waals surface area contributed by atoms with Crippen molar-refractivity contribution in [2.45, 2.75) is 57.0 Å². The lowest BCUT2D eigenvalue weighted by molar-refractivity contribution is -0.124. The van der Waals surface area contributed by atoms with E-state index in [9.17, 15) is 4.79 Å². The van der Waals surface area contributed by atoms with Crippen LogP contribution in [0, 0.1) is 0 Å². The minimum absolute atomic E-state index is 0.000307. The highest BCUT2D eigenvalue weighted by atomic mass is 16.2. The number of benzene rings is 1. The van der Waals surface area contributed by atoms with Crippen molar-refractivity contribution < 1.29 is 4.79 Å². The summed E-state index contributed by atoms with van der Waals surface area (Å²) in [6, 6.07) is 9.77. The third-order valence-electron chi connectivity index (χ3n) is 4.06. The molecule has 0 bridgehead atoms. The monoisotopic (exact) mass is 260 g/mol. The molecule has 0 aromatic heterocycles. The third kappa shape index (κ3) is 4.06. The van der Waals surface area contributed by atoms with Crippen molar-refractivity contribution in [1.82, 2.24) is 5.32 Å². The van der Waals surface area contributed by atoms with Crippen LogP contribution >= 0.6 is 0 Å². The summed E-state index contributed by atoms with van der Waals surface area (Å²) in [5.74, 6) is 0.000307. The number of hydrogen-bond donors (Lipinski definition) is 2. The van der Waals surface area contributed by atoms with Crippen molar-refractivity contribution in [2.75, 3.05) is 0 Å². The lowest BCUT2D eigenvalue weighted by atomic mass is 9.99. The molecule has 1 amide bonds. The van der Waals surface area contributed by atoms with Gasteiger partial charge in [0.15, 0.2) is 0 Å². The molecule has 1 aliphatic carbocycles. The van der Waals surface area contributed by atoms with E-state index in [-0.39, 0.29) is 11.4 Å². The smallest absolute Gasteiger partial charge is 0.237 e. The first kappa shape index (κ1) is 14.1. The van der Waals surface area contributed by atoms with Gasteiger partial charge in [0.25, 0.3) is 0 Å². The van der Waals surface area contributed by atoms with Crippen LogP contribution in [-0.2, 0) is 11.2 Å². The fourth-order valence-electron chi connectivity index (χ4n) is 2.77. The molecule has 1 aromatic carbocycles. The number of nitrogens with two attached hydrogens (primary N) is 1. The number of hydrogen-bond acceptors (Lipinski definition) is 2. The van der Waals surface area contributed by atoms with Crippen LogP contribution in [-0.4, -0.2) is 17.5 Å². The molecule has 0 radical (unpaired) electrons. The van der Waals surface area contributed by atoms with Crippen molar-refractivity contribution in [3.8, 4) is 0 Å². The maximum absolute atomic E-state index is 12.1. The Bertz CT molecular complexity index is 410. The molecule has 1 saturated carbocycles. The zero-order valence-corrected chi connectivity index (χ0v) is 11.7. The summed E-state index contributed by atoms with van der Waals surface area (Å²) < 4.78 is 0. The van der Waals surface area contributed by atoms with E-state index in [0.717, 1.165) is 19.3 Å². The van der Waals surface area contributed by atoms with E-state index in [2.05, 4.69) is 24.4 Å². The maximum Gasteiger partial charge on any atom is 0.237 e. The highest BCUT2D eigenvalue weighted by Gasteiger charge is 2.31. The Kier molecular flexibility index (Phi) is 4.59. The topological polar surface area (TPSA) is 55.1 Å². The highest BCUT2D eigenvalue weighted by molar-refractivity contribution is 5.82. The largest absolute Gasteiger partial charge is 0.350 e. The average molecular weight is 260 g/mol. The summed E-state index contributed by atoms with van der Waals surface area (Å²) in [7, 11) is 0. The van der Waals surface area contributed by atoms with Gasteiger partial charge in [-0.1, -0.05) is 43.2 Å². The van der Waals surface area contributed by atoms with E-state index in [1.54, 1.807) is 0 Å². The van der Waals surface area contributed by atoms with Crippen LogP contribution in [0.2, 0.25) is 0 Å². The number of rotatable bonds is 5. The number of nitrogens with one attached hydrogen (secondary N) is 1. The Morgan fingerprint density at radius 1 is 1.32 bits per heavy atom. The first-order valence-corrected chi connectivity index (χ1v) is 7.21. The molecule has 104 valence electrons. The van der Waals surface area contributed by atoms with Gasteiger partial charge in [-0.3, -0.25) is 4.79 Å². The van der Waals surface area contributed by atoms with Crippen molar-refractivity contribution in [1.29, 1.82) is 0 Å². The molecule has 2 rings (SSSR count). The van der Waals surface area contributed by atoms with Crippen LogP contribution in [0.15, 0.2) is 30.3 Å². The molecule has 0 aliphatic heterocycles. The Hall–Kier alpha value is -1.35. The summed E-state index contributed by atoms with van der Waals surface area (Å²) in [6.07, 6.45) is 6.11. The second-order valence-corrected chi connectivity index (χ2v) is 5.89. The molecule has 0 heterocycles. The number of carbonyl (C=O) groups excluding carboxylic acids is 1. The number of aryl methyl sites for hydroxylation is 1. The van der Waals surface area contributed by atoms with E-state index in [1.165, 1.54) is 18.4 Å². The van der Waals surface area contributed by atoms with E-state index in [4.69, 9.17) is 5.73 Å². The van der Waals surface area contributed by atoms with Gasteiger partial charge < -0.3 is 11.1 Å². The Morgan fingerprint density at radius 3 is 2.58 bits per heavy atom. The van der Waals surface area contributed by atoms with Crippen molar-refractivity contribution >= 4 is 5.91 Å². The zero-order valence-electron chi connectivity index (χ0n) is 11.7. The van der Waals surface area contributed by atoms with Crippen molar-refractivity contribution in [3.05, 3.63) is 35.9 Å². The Balaban J connectivity index is 1.79. The molecule has 0 unspecified atom stereocenters. The zero-order chi connectivity index (χ0) is 13.7. The van der Waals surface area contributed by atoms with Crippen molar-refractivity contribution in [2.24, 2.45) is 5.73 Å². The van der Waals surface area contributed by atoms with Crippen LogP contribution in [0.4, 0.5) is 0 Å². The summed E-state index contributed by atoms with van der Waals surface area (Å²) in [5, 5.41) is 3.13. The molecule has 1 aromatic rings. The van der Waals surface area contributed by atoms with Gasteiger partial charge in [-0.25, -0.2) is 0 Å². The summed E-state index contributed by atoms with van der Waals surface area (Å²) in [4.78, 5) is 12.1. The molecular formula is C16H24N2O. The quantitative estimate of drug-likeness (QED) is 0.854. The third-order valence-corrected chi connectivity index (χ3v) is 4.06. The van der Waals surface area contributed by atoms with Gasteiger partial charge in [0, 0.05) is 5.54 Å². The molecule has 0 saturated heterocycles. The lowest BCUT2D eigenvalue weighted by Crippen LogP contribution is -2.50. The molecule has 1 fully saturated rings. The molecule has 19 heavy (non-hydrogen) atoms. The molecular weight excluding hydrogens is 236 g/mol. The highest BCUT2D eigenvalue weighted by Crippen LogP contribution is 2.28. The Labute approximate surface area is 115 Å². The minimum Gasteiger partial charge on any atom is -0.350 e. The SMILES string of the molecule is CC1(NC(=O)[C@@H](N)CCc2ccccc2)CCCC1. The van der Waals surface area contributed by atoms with Crippen LogP contribution in [0.3, 0.4) is 0 Å². The van der Waals surface area contributed by atoms with Crippen molar-refractivity contribution in [3.63, 3.8) is 0 Å². The lowest BCUT2D eigenvalue weighted by Gasteiger charge is -2.27. The van der Waals surface area contributed by atoms with Gasteiger partial charge in [0.2, 0.25) is 5.91 Å². The normalized spacial score (nSPS) is 19.1. The van der Waals surface area contributed by atoms with Gasteiger partial charge >= 0.3 is 0 Å². The van der Waals surface area contributed by atoms with Gasteiger partial charge in [0.1, 0.15) is 0 Å². The second kappa shape index (κ2) is 6.20. The summed E-state index contributed by atoms with van der Waals surface area (Å²) >= 11 is 0. The average Bonchev–Trinajstić information content (AvgIpc) is 2.83. The Morgan fingerprint density at radius 2 is 1.95 bits per heavy atom. The van der Waals surface area contributed by atoms with E-state index >= 15 is 0 Å². The molecule has 1 atom stereocenters. The van der Waals surface area contributed by atoms with E-state index in [0.29, 0.717) is 6.42 Å². The molecule has 3 heteroatoms.